The second kappa shape index (κ2) is 7.90. The highest BCUT2D eigenvalue weighted by Gasteiger charge is 2.11. The first-order chi connectivity index (χ1) is 9.41. The van der Waals surface area contributed by atoms with Crippen LogP contribution in [-0.2, 0) is 4.79 Å². The fraction of sp³-hybridized carbons (Fsp3) is 0.467. The van der Waals surface area contributed by atoms with Gasteiger partial charge in [-0.1, -0.05) is 24.6 Å². The zero-order valence-corrected chi connectivity index (χ0v) is 12.5. The van der Waals surface area contributed by atoms with Crippen LogP contribution in [0.15, 0.2) is 18.2 Å². The number of carboxylic acid groups (broad SMARTS) is 1. The van der Waals surface area contributed by atoms with Crippen LogP contribution in [0.2, 0.25) is 5.02 Å². The molecule has 1 atom stereocenters. The van der Waals surface area contributed by atoms with Crippen LogP contribution in [0, 0.1) is 12.8 Å². The Morgan fingerprint density at radius 1 is 1.35 bits per heavy atom. The molecule has 110 valence electrons. The largest absolute Gasteiger partial charge is 0.481 e. The monoisotopic (exact) mass is 297 g/mol. The number of nitrogens with one attached hydrogen (secondary N) is 1. The minimum absolute atomic E-state index is 0.143. The molecule has 0 aliphatic rings. The third kappa shape index (κ3) is 5.21. The maximum absolute atomic E-state index is 12.0. The van der Waals surface area contributed by atoms with Crippen molar-refractivity contribution in [3.05, 3.63) is 34.3 Å². The first kappa shape index (κ1) is 16.5. The summed E-state index contributed by atoms with van der Waals surface area (Å²) in [5.74, 6) is -0.655. The summed E-state index contributed by atoms with van der Waals surface area (Å²) in [5, 5.41) is 12.0. The van der Waals surface area contributed by atoms with Crippen molar-refractivity contribution in [3.63, 3.8) is 0 Å². The lowest BCUT2D eigenvalue weighted by Gasteiger charge is -2.12. The SMILES string of the molecule is Cc1c(Cl)cccc1C(=O)NCCC(C)CCC(=O)O. The molecule has 0 aliphatic carbocycles. The Morgan fingerprint density at radius 2 is 2.05 bits per heavy atom. The van der Waals surface area contributed by atoms with Crippen molar-refractivity contribution in [2.24, 2.45) is 5.92 Å². The number of hydrogen-bond donors (Lipinski definition) is 2. The van der Waals surface area contributed by atoms with Crippen LogP contribution in [0.3, 0.4) is 0 Å². The predicted octanol–water partition coefficient (Wildman–Crippen LogP) is 3.27. The lowest BCUT2D eigenvalue weighted by atomic mass is 10.0. The molecule has 0 spiro atoms. The van der Waals surface area contributed by atoms with E-state index in [0.29, 0.717) is 23.6 Å². The van der Waals surface area contributed by atoms with Crippen LogP contribution in [0.4, 0.5) is 0 Å². The molecule has 0 bridgehead atoms. The van der Waals surface area contributed by atoms with Gasteiger partial charge in [-0.25, -0.2) is 0 Å². The van der Waals surface area contributed by atoms with Crippen molar-refractivity contribution >= 4 is 23.5 Å². The van der Waals surface area contributed by atoms with Gasteiger partial charge < -0.3 is 10.4 Å². The van der Waals surface area contributed by atoms with Crippen LogP contribution in [-0.4, -0.2) is 23.5 Å². The third-order valence-electron chi connectivity index (χ3n) is 3.29. The van der Waals surface area contributed by atoms with Gasteiger partial charge in [-0.15, -0.1) is 0 Å². The maximum Gasteiger partial charge on any atom is 0.303 e. The van der Waals surface area contributed by atoms with E-state index >= 15 is 0 Å². The number of amides is 1. The highest BCUT2D eigenvalue weighted by molar-refractivity contribution is 6.31. The van der Waals surface area contributed by atoms with Crippen molar-refractivity contribution in [2.75, 3.05) is 6.54 Å². The van der Waals surface area contributed by atoms with Crippen molar-refractivity contribution in [1.82, 2.24) is 5.32 Å². The zero-order valence-electron chi connectivity index (χ0n) is 11.8. The number of carbonyl (C=O) groups is 2. The highest BCUT2D eigenvalue weighted by Crippen LogP contribution is 2.18. The molecule has 1 aromatic carbocycles. The first-order valence-corrected chi connectivity index (χ1v) is 7.04. The van der Waals surface area contributed by atoms with Gasteiger partial charge in [0.1, 0.15) is 0 Å². The van der Waals surface area contributed by atoms with E-state index in [-0.39, 0.29) is 18.2 Å². The molecule has 0 fully saturated rings. The number of carbonyl (C=O) groups excluding carboxylic acids is 1. The van der Waals surface area contributed by atoms with Crippen LogP contribution in [0.5, 0.6) is 0 Å². The lowest BCUT2D eigenvalue weighted by molar-refractivity contribution is -0.137. The van der Waals surface area contributed by atoms with Gasteiger partial charge in [0.15, 0.2) is 0 Å². The average molecular weight is 298 g/mol. The third-order valence-corrected chi connectivity index (χ3v) is 3.70. The Kier molecular flexibility index (Phi) is 6.52. The summed E-state index contributed by atoms with van der Waals surface area (Å²) in [4.78, 5) is 22.5. The summed E-state index contributed by atoms with van der Waals surface area (Å²) >= 11 is 5.98. The van der Waals surface area contributed by atoms with E-state index in [1.807, 2.05) is 13.8 Å². The number of benzene rings is 1. The molecular formula is C15H20ClNO3. The standard InChI is InChI=1S/C15H20ClNO3/c1-10(6-7-14(18)19)8-9-17-15(20)12-4-3-5-13(16)11(12)2/h3-5,10H,6-9H2,1-2H3,(H,17,20)(H,18,19). The second-order valence-corrected chi connectivity index (χ2v) is 5.40. The molecule has 0 saturated heterocycles. The molecule has 0 aromatic heterocycles. The minimum Gasteiger partial charge on any atom is -0.481 e. The lowest BCUT2D eigenvalue weighted by Crippen LogP contribution is -2.26. The van der Waals surface area contributed by atoms with Crippen LogP contribution >= 0.6 is 11.6 Å². The number of aliphatic carboxylic acids is 1. The highest BCUT2D eigenvalue weighted by atomic mass is 35.5. The van der Waals surface area contributed by atoms with E-state index < -0.39 is 5.97 Å². The van der Waals surface area contributed by atoms with E-state index in [4.69, 9.17) is 16.7 Å². The molecule has 2 N–H and O–H groups in total. The molecule has 1 aromatic rings. The summed E-state index contributed by atoms with van der Waals surface area (Å²) in [6.07, 6.45) is 1.56. The second-order valence-electron chi connectivity index (χ2n) is 4.99. The number of rotatable bonds is 7. The van der Waals surface area contributed by atoms with E-state index in [1.54, 1.807) is 18.2 Å². The number of halogens is 1. The summed E-state index contributed by atoms with van der Waals surface area (Å²) < 4.78 is 0. The molecule has 0 radical (unpaired) electrons. The Morgan fingerprint density at radius 3 is 2.70 bits per heavy atom. The number of hydrogen-bond acceptors (Lipinski definition) is 2. The molecule has 0 saturated carbocycles. The van der Waals surface area contributed by atoms with Crippen molar-refractivity contribution in [3.8, 4) is 0 Å². The molecule has 0 heterocycles. The molecule has 20 heavy (non-hydrogen) atoms. The minimum atomic E-state index is -0.782. The topological polar surface area (TPSA) is 66.4 Å². The van der Waals surface area contributed by atoms with Gasteiger partial charge in [-0.3, -0.25) is 9.59 Å². The van der Waals surface area contributed by atoms with E-state index in [1.165, 1.54) is 0 Å². The van der Waals surface area contributed by atoms with Gasteiger partial charge >= 0.3 is 5.97 Å². The molecular weight excluding hydrogens is 278 g/mol. The van der Waals surface area contributed by atoms with Gasteiger partial charge in [0, 0.05) is 23.6 Å². The summed E-state index contributed by atoms with van der Waals surface area (Å²) in [6.45, 7) is 4.33. The molecule has 4 nitrogen and oxygen atoms in total. The van der Waals surface area contributed by atoms with Gasteiger partial charge in [0.05, 0.1) is 0 Å². The van der Waals surface area contributed by atoms with Gasteiger partial charge in [-0.2, -0.15) is 0 Å². The molecule has 1 amide bonds. The normalized spacial score (nSPS) is 11.9. The van der Waals surface area contributed by atoms with E-state index in [9.17, 15) is 9.59 Å². The fourth-order valence-corrected chi connectivity index (χ4v) is 2.07. The van der Waals surface area contributed by atoms with Crippen LogP contribution in [0.25, 0.3) is 0 Å². The van der Waals surface area contributed by atoms with Crippen molar-refractivity contribution in [1.29, 1.82) is 0 Å². The van der Waals surface area contributed by atoms with Gasteiger partial charge in [-0.05, 0) is 43.4 Å². The smallest absolute Gasteiger partial charge is 0.303 e. The summed E-state index contributed by atoms with van der Waals surface area (Å²) in [7, 11) is 0. The van der Waals surface area contributed by atoms with Crippen molar-refractivity contribution in [2.45, 2.75) is 33.1 Å². The maximum atomic E-state index is 12.0. The van der Waals surface area contributed by atoms with Crippen molar-refractivity contribution < 1.29 is 14.7 Å². The molecule has 1 unspecified atom stereocenters. The Hall–Kier alpha value is -1.55. The zero-order chi connectivity index (χ0) is 15.1. The summed E-state index contributed by atoms with van der Waals surface area (Å²) in [6, 6.07) is 5.24. The number of carboxylic acids is 1. The van der Waals surface area contributed by atoms with Gasteiger partial charge in [0.25, 0.3) is 5.91 Å². The fourth-order valence-electron chi connectivity index (χ4n) is 1.89. The Labute approximate surface area is 124 Å². The summed E-state index contributed by atoms with van der Waals surface area (Å²) in [5.41, 5.74) is 1.35. The van der Waals surface area contributed by atoms with E-state index in [2.05, 4.69) is 5.32 Å². The Bertz CT molecular complexity index is 488. The molecule has 0 aliphatic heterocycles. The Balaban J connectivity index is 2.40. The predicted molar refractivity (Wildman–Crippen MR) is 79.2 cm³/mol. The van der Waals surface area contributed by atoms with Crippen LogP contribution in [0.1, 0.15) is 42.1 Å². The first-order valence-electron chi connectivity index (χ1n) is 6.67. The molecule has 5 heteroatoms. The van der Waals surface area contributed by atoms with E-state index in [0.717, 1.165) is 12.0 Å². The average Bonchev–Trinajstić information content (AvgIpc) is 2.39. The van der Waals surface area contributed by atoms with Crippen LogP contribution < -0.4 is 5.32 Å². The van der Waals surface area contributed by atoms with Gasteiger partial charge in [0.2, 0.25) is 0 Å². The molecule has 1 rings (SSSR count). The quantitative estimate of drug-likeness (QED) is 0.811.